The summed E-state index contributed by atoms with van der Waals surface area (Å²) in [6.45, 7) is 4.18. The molecule has 1 amide bonds. The molecule has 0 aromatic carbocycles. The Morgan fingerprint density at radius 1 is 1.14 bits per heavy atom. The predicted molar refractivity (Wildman–Crippen MR) is 93.0 cm³/mol. The van der Waals surface area contributed by atoms with E-state index in [1.54, 1.807) is 7.11 Å². The van der Waals surface area contributed by atoms with Gasteiger partial charge >= 0.3 is 0 Å². The number of likely N-dealkylation sites (tertiary alicyclic amines) is 1. The summed E-state index contributed by atoms with van der Waals surface area (Å²) in [5, 5.41) is 0. The van der Waals surface area contributed by atoms with Gasteiger partial charge in [0.15, 0.2) is 0 Å². The van der Waals surface area contributed by atoms with Crippen LogP contribution in [0.1, 0.15) is 77.6 Å². The number of nitrogens with zero attached hydrogens (tertiary/aromatic N) is 1. The largest absolute Gasteiger partial charge is 0.381 e. The van der Waals surface area contributed by atoms with Crippen molar-refractivity contribution < 1.29 is 9.53 Å². The second kappa shape index (κ2) is 12.7. The van der Waals surface area contributed by atoms with Crippen LogP contribution in [-0.4, -0.2) is 37.1 Å². The summed E-state index contributed by atoms with van der Waals surface area (Å²) in [6, 6.07) is 0. The number of rotatable bonds is 12. The van der Waals surface area contributed by atoms with Crippen molar-refractivity contribution >= 4 is 5.91 Å². The average Bonchev–Trinajstić information content (AvgIpc) is 3.06. The van der Waals surface area contributed by atoms with Crippen molar-refractivity contribution in [3.63, 3.8) is 0 Å². The van der Waals surface area contributed by atoms with E-state index >= 15 is 0 Å². The molecule has 0 bridgehead atoms. The highest BCUT2D eigenvalue weighted by molar-refractivity contribution is 5.76. The van der Waals surface area contributed by atoms with E-state index in [1.165, 1.54) is 44.9 Å². The Morgan fingerprint density at radius 2 is 1.86 bits per heavy atom. The number of methoxy groups -OCH3 is 1. The zero-order valence-electron chi connectivity index (χ0n) is 14.7. The molecule has 3 heteroatoms. The minimum absolute atomic E-state index is 0.321. The molecule has 0 spiro atoms. The smallest absolute Gasteiger partial charge is 0.222 e. The summed E-state index contributed by atoms with van der Waals surface area (Å²) in [4.78, 5) is 13.9. The van der Waals surface area contributed by atoms with E-state index in [0.29, 0.717) is 18.4 Å². The summed E-state index contributed by atoms with van der Waals surface area (Å²) in [7, 11) is 1.81. The number of unbranched alkanes of at least 4 members (excludes halogenated alkanes) is 4. The summed E-state index contributed by atoms with van der Waals surface area (Å²) >= 11 is 0. The Morgan fingerprint density at radius 3 is 2.55 bits per heavy atom. The van der Waals surface area contributed by atoms with E-state index in [1.807, 2.05) is 4.90 Å². The average molecular weight is 309 g/mol. The van der Waals surface area contributed by atoms with Gasteiger partial charge in [-0.1, -0.05) is 51.2 Å². The van der Waals surface area contributed by atoms with E-state index in [-0.39, 0.29) is 0 Å². The van der Waals surface area contributed by atoms with Crippen LogP contribution in [0.25, 0.3) is 0 Å². The van der Waals surface area contributed by atoms with Gasteiger partial charge in [0.1, 0.15) is 0 Å². The van der Waals surface area contributed by atoms with Gasteiger partial charge in [-0.15, -0.1) is 0 Å². The van der Waals surface area contributed by atoms with E-state index in [2.05, 4.69) is 19.1 Å². The van der Waals surface area contributed by atoms with Crippen LogP contribution in [0.2, 0.25) is 0 Å². The number of amides is 1. The zero-order valence-corrected chi connectivity index (χ0v) is 14.7. The van der Waals surface area contributed by atoms with Crippen molar-refractivity contribution in [1.82, 2.24) is 4.90 Å². The molecule has 0 unspecified atom stereocenters. The molecule has 0 radical (unpaired) electrons. The summed E-state index contributed by atoms with van der Waals surface area (Å²) in [6.07, 6.45) is 17.3. The quantitative estimate of drug-likeness (QED) is 0.386. The lowest BCUT2D eigenvalue weighted by Gasteiger charge is -2.14. The second-order valence-electron chi connectivity index (χ2n) is 6.39. The van der Waals surface area contributed by atoms with Crippen LogP contribution >= 0.6 is 0 Å². The first-order chi connectivity index (χ1) is 10.8. The Bertz CT molecular complexity index is 309. The maximum absolute atomic E-state index is 11.9. The fraction of sp³-hybridized carbons (Fsp3) is 0.842. The topological polar surface area (TPSA) is 29.5 Å². The highest BCUT2D eigenvalue weighted by atomic mass is 16.5. The first-order valence-corrected chi connectivity index (χ1v) is 9.23. The lowest BCUT2D eigenvalue weighted by molar-refractivity contribution is -0.130. The molecular formula is C19H35NO2. The van der Waals surface area contributed by atoms with Crippen LogP contribution in [0.3, 0.4) is 0 Å². The maximum atomic E-state index is 11.9. The van der Waals surface area contributed by atoms with Crippen LogP contribution < -0.4 is 0 Å². The zero-order chi connectivity index (χ0) is 16.0. The van der Waals surface area contributed by atoms with Crippen LogP contribution in [0.15, 0.2) is 12.2 Å². The highest BCUT2D eigenvalue weighted by Crippen LogP contribution is 2.13. The summed E-state index contributed by atoms with van der Waals surface area (Å²) < 4.78 is 5.54. The van der Waals surface area contributed by atoms with E-state index in [0.717, 1.165) is 32.4 Å². The van der Waals surface area contributed by atoms with Gasteiger partial charge in [-0.05, 0) is 32.1 Å². The van der Waals surface area contributed by atoms with Gasteiger partial charge in [-0.3, -0.25) is 4.79 Å². The molecule has 22 heavy (non-hydrogen) atoms. The van der Waals surface area contributed by atoms with Crippen molar-refractivity contribution in [2.45, 2.75) is 83.7 Å². The molecule has 1 fully saturated rings. The van der Waals surface area contributed by atoms with E-state index < -0.39 is 0 Å². The second-order valence-corrected chi connectivity index (χ2v) is 6.39. The Balaban J connectivity index is 2.05. The summed E-state index contributed by atoms with van der Waals surface area (Å²) in [5.41, 5.74) is 0. The van der Waals surface area contributed by atoms with Crippen LogP contribution in [0.5, 0.6) is 0 Å². The molecule has 1 atom stereocenters. The van der Waals surface area contributed by atoms with Crippen molar-refractivity contribution in [3.05, 3.63) is 12.2 Å². The molecule has 0 aromatic heterocycles. The molecule has 0 aliphatic carbocycles. The van der Waals surface area contributed by atoms with Crippen LogP contribution in [0.4, 0.5) is 0 Å². The Labute approximate surface area is 137 Å². The third-order valence-corrected chi connectivity index (χ3v) is 4.51. The summed E-state index contributed by atoms with van der Waals surface area (Å²) in [5.74, 6) is 0.321. The predicted octanol–water partition coefficient (Wildman–Crippen LogP) is 4.71. The first-order valence-electron chi connectivity index (χ1n) is 9.23. The van der Waals surface area contributed by atoms with Gasteiger partial charge in [0, 0.05) is 26.6 Å². The number of hydrogen-bond donors (Lipinski definition) is 0. The van der Waals surface area contributed by atoms with Crippen molar-refractivity contribution in [1.29, 1.82) is 0 Å². The molecule has 1 aliphatic rings. The number of hydrogen-bond acceptors (Lipinski definition) is 2. The number of allylic oxidation sites excluding steroid dienone is 1. The lowest BCUT2D eigenvalue weighted by atomic mass is 10.1. The molecule has 1 heterocycles. The fourth-order valence-corrected chi connectivity index (χ4v) is 3.00. The van der Waals surface area contributed by atoms with Crippen molar-refractivity contribution in [3.8, 4) is 0 Å². The Hall–Kier alpha value is -0.830. The van der Waals surface area contributed by atoms with Crippen LogP contribution in [0, 0.1) is 0 Å². The number of ether oxygens (including phenoxy) is 1. The SMILES string of the molecule is CCCCCCC[C@H](C/C=C/CCC(=O)N1CCCC1)OC. The molecule has 0 aromatic rings. The molecule has 128 valence electrons. The number of carbonyl (C=O) groups is 1. The van der Waals surface area contributed by atoms with Crippen molar-refractivity contribution in [2.24, 2.45) is 0 Å². The lowest BCUT2D eigenvalue weighted by Crippen LogP contribution is -2.27. The fourth-order valence-electron chi connectivity index (χ4n) is 3.00. The maximum Gasteiger partial charge on any atom is 0.222 e. The van der Waals surface area contributed by atoms with E-state index in [4.69, 9.17) is 4.74 Å². The van der Waals surface area contributed by atoms with Gasteiger partial charge in [0.2, 0.25) is 5.91 Å². The van der Waals surface area contributed by atoms with Gasteiger partial charge in [-0.25, -0.2) is 0 Å². The molecule has 3 nitrogen and oxygen atoms in total. The van der Waals surface area contributed by atoms with Gasteiger partial charge in [-0.2, -0.15) is 0 Å². The van der Waals surface area contributed by atoms with Crippen molar-refractivity contribution in [2.75, 3.05) is 20.2 Å². The first kappa shape index (κ1) is 19.2. The molecule has 0 N–H and O–H groups in total. The monoisotopic (exact) mass is 309 g/mol. The molecule has 1 rings (SSSR count). The van der Waals surface area contributed by atoms with Crippen LogP contribution in [-0.2, 0) is 9.53 Å². The minimum atomic E-state index is 0.321. The van der Waals surface area contributed by atoms with Gasteiger partial charge < -0.3 is 9.64 Å². The normalized spacial score (nSPS) is 16.5. The molecule has 1 saturated heterocycles. The molecule has 0 saturated carbocycles. The Kier molecular flexibility index (Phi) is 11.1. The van der Waals surface area contributed by atoms with Gasteiger partial charge in [0.25, 0.3) is 0 Å². The molecular weight excluding hydrogens is 274 g/mol. The third-order valence-electron chi connectivity index (χ3n) is 4.51. The van der Waals surface area contributed by atoms with E-state index in [9.17, 15) is 4.79 Å². The minimum Gasteiger partial charge on any atom is -0.381 e. The molecule has 1 aliphatic heterocycles. The third kappa shape index (κ3) is 8.57. The standard InChI is InChI=1S/C19H35NO2/c1-3-4-5-6-8-13-18(22-2)14-9-7-10-15-19(21)20-16-11-12-17-20/h7,9,18H,3-6,8,10-17H2,1-2H3/b9-7+/t18-/m1/s1. The van der Waals surface area contributed by atoms with Gasteiger partial charge in [0.05, 0.1) is 6.10 Å². The number of carbonyl (C=O) groups excluding carboxylic acids is 1. The highest BCUT2D eigenvalue weighted by Gasteiger charge is 2.16.